The van der Waals surface area contributed by atoms with Gasteiger partial charge in [-0.3, -0.25) is 0 Å². The van der Waals surface area contributed by atoms with Gasteiger partial charge in [0.15, 0.2) is 0 Å². The summed E-state index contributed by atoms with van der Waals surface area (Å²) >= 11 is 12.4. The van der Waals surface area contributed by atoms with Crippen LogP contribution in [0.5, 0.6) is 0 Å². The zero-order valence-electron chi connectivity index (χ0n) is 11.0. The van der Waals surface area contributed by atoms with Crippen molar-refractivity contribution in [2.45, 2.75) is 0 Å². The first-order valence-corrected chi connectivity index (χ1v) is 7.23. The second kappa shape index (κ2) is 6.13. The van der Waals surface area contributed by atoms with Crippen LogP contribution >= 0.6 is 23.2 Å². The molecule has 0 amide bonds. The molecule has 1 aliphatic heterocycles. The third kappa shape index (κ3) is 2.95. The van der Waals surface area contributed by atoms with Crippen LogP contribution in [0.1, 0.15) is 0 Å². The van der Waals surface area contributed by atoms with E-state index in [0.29, 0.717) is 43.4 Å². The normalized spacial score (nSPS) is 15.3. The first-order valence-electron chi connectivity index (χ1n) is 6.47. The number of morpholine rings is 1. The lowest BCUT2D eigenvalue weighted by Gasteiger charge is -2.27. The number of benzene rings is 1. The Morgan fingerprint density at radius 1 is 1.05 bits per heavy atom. The maximum atomic E-state index is 13.9. The number of hydrogen-bond donors (Lipinski definition) is 0. The molecule has 1 aromatic carbocycles. The molecule has 0 aliphatic carbocycles. The van der Waals surface area contributed by atoms with E-state index in [0.717, 1.165) is 0 Å². The number of nitrogens with zero attached hydrogens (tertiary/aromatic N) is 3. The Morgan fingerprint density at radius 2 is 1.67 bits per heavy atom. The van der Waals surface area contributed by atoms with Gasteiger partial charge in [-0.25, -0.2) is 14.4 Å². The Kier molecular flexibility index (Phi) is 4.24. The van der Waals surface area contributed by atoms with Crippen molar-refractivity contribution in [3.63, 3.8) is 0 Å². The van der Waals surface area contributed by atoms with Crippen LogP contribution in [-0.4, -0.2) is 36.3 Å². The van der Waals surface area contributed by atoms with Crippen LogP contribution in [0.4, 0.5) is 10.3 Å². The van der Waals surface area contributed by atoms with Crippen LogP contribution in [0.15, 0.2) is 24.3 Å². The highest BCUT2D eigenvalue weighted by Crippen LogP contribution is 2.35. The standard InChI is InChI=1S/C14H12Cl2FN3O/c15-12-11(9-3-1-2-4-10(9)17)13(16)19-14(18-12)20-5-7-21-8-6-20/h1-4H,5-8H2. The van der Waals surface area contributed by atoms with Gasteiger partial charge in [-0.1, -0.05) is 41.4 Å². The number of aromatic nitrogens is 2. The number of rotatable bonds is 2. The van der Waals surface area contributed by atoms with E-state index >= 15 is 0 Å². The third-order valence-electron chi connectivity index (χ3n) is 3.25. The lowest BCUT2D eigenvalue weighted by Crippen LogP contribution is -2.37. The molecule has 1 aromatic heterocycles. The Balaban J connectivity index is 2.02. The maximum absolute atomic E-state index is 13.9. The fraction of sp³-hybridized carbons (Fsp3) is 0.286. The summed E-state index contributed by atoms with van der Waals surface area (Å²) in [5.41, 5.74) is 0.606. The lowest BCUT2D eigenvalue weighted by molar-refractivity contribution is 0.122. The SMILES string of the molecule is Fc1ccccc1-c1c(Cl)nc(N2CCOCC2)nc1Cl. The van der Waals surface area contributed by atoms with E-state index in [1.165, 1.54) is 6.07 Å². The molecule has 1 saturated heterocycles. The molecule has 0 N–H and O–H groups in total. The minimum Gasteiger partial charge on any atom is -0.378 e. The molecule has 110 valence electrons. The minimum atomic E-state index is -0.413. The van der Waals surface area contributed by atoms with Gasteiger partial charge in [0.05, 0.1) is 18.8 Å². The molecule has 0 radical (unpaired) electrons. The highest BCUT2D eigenvalue weighted by molar-refractivity contribution is 6.37. The number of halogens is 3. The summed E-state index contributed by atoms with van der Waals surface area (Å²) in [6.07, 6.45) is 0. The van der Waals surface area contributed by atoms with Gasteiger partial charge >= 0.3 is 0 Å². The van der Waals surface area contributed by atoms with Crippen molar-refractivity contribution in [3.05, 3.63) is 40.4 Å². The molecule has 0 unspecified atom stereocenters. The second-order valence-electron chi connectivity index (χ2n) is 4.56. The summed E-state index contributed by atoms with van der Waals surface area (Å²) in [5, 5.41) is 0.281. The van der Waals surface area contributed by atoms with Crippen LogP contribution in [-0.2, 0) is 4.74 Å². The number of hydrogen-bond acceptors (Lipinski definition) is 4. The quantitative estimate of drug-likeness (QED) is 0.792. The first-order chi connectivity index (χ1) is 10.2. The van der Waals surface area contributed by atoms with Crippen LogP contribution in [0.3, 0.4) is 0 Å². The van der Waals surface area contributed by atoms with Crippen molar-refractivity contribution in [1.82, 2.24) is 9.97 Å². The van der Waals surface area contributed by atoms with E-state index < -0.39 is 5.82 Å². The van der Waals surface area contributed by atoms with Gasteiger partial charge in [-0.15, -0.1) is 0 Å². The largest absolute Gasteiger partial charge is 0.378 e. The van der Waals surface area contributed by atoms with E-state index in [9.17, 15) is 4.39 Å². The Bertz CT molecular complexity index is 639. The van der Waals surface area contributed by atoms with Gasteiger partial charge < -0.3 is 9.64 Å². The van der Waals surface area contributed by atoms with Crippen molar-refractivity contribution in [1.29, 1.82) is 0 Å². The second-order valence-corrected chi connectivity index (χ2v) is 5.28. The summed E-state index contributed by atoms with van der Waals surface area (Å²) in [5.74, 6) is 0.0254. The molecule has 0 atom stereocenters. The van der Waals surface area contributed by atoms with E-state index in [1.807, 2.05) is 4.90 Å². The van der Waals surface area contributed by atoms with E-state index in [4.69, 9.17) is 27.9 Å². The van der Waals surface area contributed by atoms with Gasteiger partial charge in [0.25, 0.3) is 0 Å². The molecular weight excluding hydrogens is 316 g/mol. The van der Waals surface area contributed by atoms with Crippen molar-refractivity contribution in [2.75, 3.05) is 31.2 Å². The molecule has 0 spiro atoms. The molecule has 4 nitrogen and oxygen atoms in total. The highest BCUT2D eigenvalue weighted by Gasteiger charge is 2.20. The predicted molar refractivity (Wildman–Crippen MR) is 80.5 cm³/mol. The number of ether oxygens (including phenoxy) is 1. The molecule has 1 fully saturated rings. The van der Waals surface area contributed by atoms with E-state index in [1.54, 1.807) is 18.2 Å². The monoisotopic (exact) mass is 327 g/mol. The fourth-order valence-corrected chi connectivity index (χ4v) is 2.77. The Morgan fingerprint density at radius 3 is 2.29 bits per heavy atom. The summed E-state index contributed by atoms with van der Waals surface area (Å²) in [7, 11) is 0. The molecule has 0 saturated carbocycles. The summed E-state index contributed by atoms with van der Waals surface area (Å²) in [6, 6.07) is 6.25. The zero-order chi connectivity index (χ0) is 14.8. The summed E-state index contributed by atoms with van der Waals surface area (Å²) < 4.78 is 19.2. The molecule has 3 rings (SSSR count). The van der Waals surface area contributed by atoms with Gasteiger partial charge in [0, 0.05) is 18.7 Å². The van der Waals surface area contributed by atoms with Crippen LogP contribution in [0, 0.1) is 5.82 Å². The van der Waals surface area contributed by atoms with Crippen molar-refractivity contribution < 1.29 is 9.13 Å². The summed E-state index contributed by atoms with van der Waals surface area (Å²) in [4.78, 5) is 10.4. The molecule has 7 heteroatoms. The third-order valence-corrected chi connectivity index (χ3v) is 3.79. The van der Waals surface area contributed by atoms with Crippen molar-refractivity contribution in [3.8, 4) is 11.1 Å². The van der Waals surface area contributed by atoms with Crippen LogP contribution in [0.25, 0.3) is 11.1 Å². The molecule has 21 heavy (non-hydrogen) atoms. The smallest absolute Gasteiger partial charge is 0.228 e. The van der Waals surface area contributed by atoms with Gasteiger partial charge in [0.2, 0.25) is 5.95 Å². The Labute approximate surface area is 131 Å². The Hall–Kier alpha value is -1.43. The summed E-state index contributed by atoms with van der Waals surface area (Å²) in [6.45, 7) is 2.55. The topological polar surface area (TPSA) is 38.2 Å². The average Bonchev–Trinajstić information content (AvgIpc) is 2.49. The zero-order valence-corrected chi connectivity index (χ0v) is 12.5. The minimum absolute atomic E-state index is 0.140. The predicted octanol–water partition coefficient (Wildman–Crippen LogP) is 3.43. The van der Waals surface area contributed by atoms with Crippen molar-refractivity contribution >= 4 is 29.2 Å². The maximum Gasteiger partial charge on any atom is 0.228 e. The van der Waals surface area contributed by atoms with E-state index in [-0.39, 0.29) is 10.3 Å². The van der Waals surface area contributed by atoms with Gasteiger partial charge in [-0.2, -0.15) is 0 Å². The van der Waals surface area contributed by atoms with Gasteiger partial charge in [-0.05, 0) is 6.07 Å². The molecule has 0 bridgehead atoms. The first kappa shape index (κ1) is 14.5. The van der Waals surface area contributed by atoms with Crippen LogP contribution < -0.4 is 4.90 Å². The molecule has 2 aromatic rings. The van der Waals surface area contributed by atoms with Gasteiger partial charge in [0.1, 0.15) is 16.1 Å². The number of anilines is 1. The van der Waals surface area contributed by atoms with Crippen LogP contribution in [0.2, 0.25) is 10.3 Å². The molecule has 1 aliphatic rings. The molecular formula is C14H12Cl2FN3O. The lowest BCUT2D eigenvalue weighted by atomic mass is 10.1. The van der Waals surface area contributed by atoms with E-state index in [2.05, 4.69) is 9.97 Å². The molecule has 2 heterocycles. The average molecular weight is 328 g/mol. The van der Waals surface area contributed by atoms with Crippen molar-refractivity contribution in [2.24, 2.45) is 0 Å². The fourth-order valence-electron chi connectivity index (χ4n) is 2.19. The highest BCUT2D eigenvalue weighted by atomic mass is 35.5.